The molecule has 0 unspecified atom stereocenters. The van der Waals surface area contributed by atoms with Gasteiger partial charge in [-0.05, 0) is 31.4 Å². The summed E-state index contributed by atoms with van der Waals surface area (Å²) in [4.78, 5) is 12.5. The molecule has 8 atom stereocenters. The average molecular weight is 505 g/mol. The molecule has 2 fully saturated rings. The van der Waals surface area contributed by atoms with Crippen LogP contribution >= 0.6 is 0 Å². The van der Waals surface area contributed by atoms with Crippen molar-refractivity contribution >= 4 is 5.97 Å². The molecule has 2 aliphatic heterocycles. The van der Waals surface area contributed by atoms with E-state index in [1.54, 1.807) is 38.5 Å². The van der Waals surface area contributed by atoms with Gasteiger partial charge in [0, 0.05) is 32.5 Å². The normalized spacial score (nSPS) is 35.5. The predicted molar refractivity (Wildman–Crippen MR) is 139 cm³/mol. The van der Waals surface area contributed by atoms with Crippen LogP contribution < -0.4 is 0 Å². The lowest BCUT2D eigenvalue weighted by atomic mass is 9.83. The number of carbonyl (C=O) groups is 1. The highest BCUT2D eigenvalue weighted by atomic mass is 16.7. The summed E-state index contributed by atoms with van der Waals surface area (Å²) in [5.41, 5.74) is -1.24. The zero-order chi connectivity index (χ0) is 26.9. The van der Waals surface area contributed by atoms with E-state index in [1.165, 1.54) is 0 Å². The summed E-state index contributed by atoms with van der Waals surface area (Å²) < 4.78 is 28.1. The summed E-state index contributed by atoms with van der Waals surface area (Å²) in [6.07, 6.45) is 5.14. The first-order valence-corrected chi connectivity index (χ1v) is 12.8. The molecule has 0 radical (unpaired) electrons. The minimum atomic E-state index is -0.919. The van der Waals surface area contributed by atoms with Gasteiger partial charge in [-0.15, -0.1) is 13.2 Å². The van der Waals surface area contributed by atoms with Crippen LogP contribution in [-0.4, -0.2) is 61.3 Å². The van der Waals surface area contributed by atoms with E-state index in [-0.39, 0.29) is 30.0 Å². The van der Waals surface area contributed by atoms with Gasteiger partial charge in [0.1, 0.15) is 5.60 Å². The maximum Gasteiger partial charge on any atom is 0.338 e. The van der Waals surface area contributed by atoms with Gasteiger partial charge >= 0.3 is 5.97 Å². The van der Waals surface area contributed by atoms with Crippen LogP contribution in [0.1, 0.15) is 63.7 Å². The second-order valence-electron chi connectivity index (χ2n) is 9.57. The van der Waals surface area contributed by atoms with Crippen molar-refractivity contribution in [2.75, 3.05) is 14.2 Å². The number of ether oxygens (including phenoxy) is 5. The SMILES string of the molecule is C=CC[C@]1(O)[C@@H](OC)O[C@H](CC)[C@H]1C.C=CC[C@]1(OC(=O)c2ccccc2)[C@@H](OC)O[C@H](CC)[C@H]1C. The van der Waals surface area contributed by atoms with Gasteiger partial charge in [-0.1, -0.05) is 58.0 Å². The number of benzene rings is 1. The first-order valence-electron chi connectivity index (χ1n) is 12.8. The smallest absolute Gasteiger partial charge is 0.338 e. The van der Waals surface area contributed by atoms with Crippen molar-refractivity contribution in [3.8, 4) is 0 Å². The van der Waals surface area contributed by atoms with Crippen LogP contribution in [0.5, 0.6) is 0 Å². The van der Waals surface area contributed by atoms with E-state index >= 15 is 0 Å². The number of carbonyl (C=O) groups excluding carboxylic acids is 1. The first-order chi connectivity index (χ1) is 17.2. The second kappa shape index (κ2) is 13.5. The van der Waals surface area contributed by atoms with Crippen LogP contribution in [0.2, 0.25) is 0 Å². The number of hydrogen-bond donors (Lipinski definition) is 1. The van der Waals surface area contributed by atoms with Crippen molar-refractivity contribution in [3.05, 3.63) is 61.2 Å². The fourth-order valence-electron chi connectivity index (χ4n) is 5.28. The summed E-state index contributed by atoms with van der Waals surface area (Å²) in [5.74, 6) is -0.264. The first kappa shape index (κ1) is 30.2. The van der Waals surface area contributed by atoms with Crippen LogP contribution in [0, 0.1) is 11.8 Å². The van der Waals surface area contributed by atoms with E-state index in [0.717, 1.165) is 12.8 Å². The van der Waals surface area contributed by atoms with E-state index < -0.39 is 23.8 Å². The van der Waals surface area contributed by atoms with Crippen molar-refractivity contribution < 1.29 is 33.6 Å². The van der Waals surface area contributed by atoms with Gasteiger partial charge in [0.2, 0.25) is 0 Å². The minimum absolute atomic E-state index is 0.00604. The molecule has 0 bridgehead atoms. The Morgan fingerprint density at radius 2 is 1.47 bits per heavy atom. The Kier molecular flexibility index (Phi) is 11.3. The molecule has 7 heteroatoms. The molecule has 0 amide bonds. The molecular formula is C29H44O7. The topological polar surface area (TPSA) is 83.5 Å². The molecule has 36 heavy (non-hydrogen) atoms. The largest absolute Gasteiger partial charge is 0.449 e. The zero-order valence-electron chi connectivity index (χ0n) is 22.6. The minimum Gasteiger partial charge on any atom is -0.449 e. The number of hydrogen-bond acceptors (Lipinski definition) is 7. The van der Waals surface area contributed by atoms with Crippen molar-refractivity contribution in [1.82, 2.24) is 0 Å². The lowest BCUT2D eigenvalue weighted by molar-refractivity contribution is -0.188. The molecule has 202 valence electrons. The Morgan fingerprint density at radius 3 is 1.97 bits per heavy atom. The Bertz CT molecular complexity index is 835. The van der Waals surface area contributed by atoms with Crippen molar-refractivity contribution in [3.63, 3.8) is 0 Å². The number of esters is 1. The third kappa shape index (κ3) is 6.09. The van der Waals surface area contributed by atoms with E-state index in [2.05, 4.69) is 20.1 Å². The summed E-state index contributed by atoms with van der Waals surface area (Å²) in [6, 6.07) is 8.97. The Labute approximate surface area is 216 Å². The Balaban J connectivity index is 0.000000281. The highest BCUT2D eigenvalue weighted by Crippen LogP contribution is 2.44. The number of methoxy groups -OCH3 is 2. The predicted octanol–water partition coefficient (Wildman–Crippen LogP) is 5.29. The molecule has 0 aliphatic carbocycles. The van der Waals surface area contributed by atoms with Crippen LogP contribution in [0.15, 0.2) is 55.6 Å². The average Bonchev–Trinajstić information content (AvgIpc) is 3.29. The summed E-state index contributed by atoms with van der Waals surface area (Å²) >= 11 is 0. The van der Waals surface area contributed by atoms with Crippen LogP contribution in [0.25, 0.3) is 0 Å². The molecule has 7 nitrogen and oxygen atoms in total. The molecular weight excluding hydrogens is 460 g/mol. The quantitative estimate of drug-likeness (QED) is 0.342. The van der Waals surface area contributed by atoms with Gasteiger partial charge in [0.05, 0.1) is 17.8 Å². The standard InChI is InChI=1S/C18H24O4.C11H20O3/c1-5-12-18(13(3)15(6-2)21-17(18)20-4)22-16(19)14-10-8-7-9-11-14;1-5-7-11(12)8(3)9(6-2)14-10(11)13-4/h5,7-11,13,15,17H,1,6,12H2,2-4H3;5,8-10,12H,1,6-7H2,2-4H3/t13-,15-,17+,18-;8-,9-,10+,11-/m11/s1. The fraction of sp³-hybridized carbons (Fsp3) is 0.621. The molecule has 0 aromatic heterocycles. The Morgan fingerprint density at radius 1 is 0.944 bits per heavy atom. The highest BCUT2D eigenvalue weighted by molar-refractivity contribution is 5.89. The second-order valence-corrected chi connectivity index (χ2v) is 9.57. The van der Waals surface area contributed by atoms with E-state index in [1.807, 2.05) is 39.0 Å². The van der Waals surface area contributed by atoms with Gasteiger partial charge < -0.3 is 28.8 Å². The van der Waals surface area contributed by atoms with Crippen molar-refractivity contribution in [2.24, 2.45) is 11.8 Å². The molecule has 3 rings (SSSR count). The van der Waals surface area contributed by atoms with Crippen LogP contribution in [0.3, 0.4) is 0 Å². The fourth-order valence-corrected chi connectivity index (χ4v) is 5.28. The van der Waals surface area contributed by atoms with Gasteiger partial charge in [-0.3, -0.25) is 0 Å². The van der Waals surface area contributed by atoms with Crippen LogP contribution in [-0.2, 0) is 23.7 Å². The van der Waals surface area contributed by atoms with Gasteiger partial charge in [-0.2, -0.15) is 0 Å². The summed E-state index contributed by atoms with van der Waals surface area (Å²) in [6.45, 7) is 15.6. The van der Waals surface area contributed by atoms with Gasteiger partial charge in [0.25, 0.3) is 0 Å². The third-order valence-electron chi connectivity index (χ3n) is 7.54. The molecule has 1 aromatic carbocycles. The maximum atomic E-state index is 12.5. The number of rotatable bonds is 10. The third-order valence-corrected chi connectivity index (χ3v) is 7.54. The van der Waals surface area contributed by atoms with Crippen LogP contribution in [0.4, 0.5) is 0 Å². The monoisotopic (exact) mass is 504 g/mol. The molecule has 2 heterocycles. The van der Waals surface area contributed by atoms with E-state index in [0.29, 0.717) is 18.4 Å². The summed E-state index contributed by atoms with van der Waals surface area (Å²) in [5, 5.41) is 10.4. The highest BCUT2D eigenvalue weighted by Gasteiger charge is 2.57. The number of aliphatic hydroxyl groups is 1. The van der Waals surface area contributed by atoms with E-state index in [4.69, 9.17) is 23.7 Å². The molecule has 0 spiro atoms. The molecule has 2 aliphatic rings. The lowest BCUT2D eigenvalue weighted by Crippen LogP contribution is -2.48. The molecule has 1 N–H and O–H groups in total. The van der Waals surface area contributed by atoms with Gasteiger partial charge in [0.15, 0.2) is 18.2 Å². The Hall–Kier alpha value is -2.03. The van der Waals surface area contributed by atoms with Gasteiger partial charge in [-0.25, -0.2) is 4.79 Å². The van der Waals surface area contributed by atoms with Crippen molar-refractivity contribution in [2.45, 2.75) is 89.4 Å². The maximum absolute atomic E-state index is 12.5. The lowest BCUT2D eigenvalue weighted by Gasteiger charge is -2.35. The summed E-state index contributed by atoms with van der Waals surface area (Å²) in [7, 11) is 3.13. The molecule has 2 saturated heterocycles. The zero-order valence-corrected chi connectivity index (χ0v) is 22.6. The molecule has 0 saturated carbocycles. The van der Waals surface area contributed by atoms with E-state index in [9.17, 15) is 9.90 Å². The molecule has 1 aromatic rings. The van der Waals surface area contributed by atoms with Crippen molar-refractivity contribution in [1.29, 1.82) is 0 Å².